The van der Waals surface area contributed by atoms with Gasteiger partial charge in [-0.2, -0.15) is 0 Å². The summed E-state index contributed by atoms with van der Waals surface area (Å²) in [5.41, 5.74) is 1.83. The highest BCUT2D eigenvalue weighted by Crippen LogP contribution is 2.32. The predicted octanol–water partition coefficient (Wildman–Crippen LogP) is 4.85. The Balaban J connectivity index is 1.68. The summed E-state index contributed by atoms with van der Waals surface area (Å²) in [6.45, 7) is 0. The van der Waals surface area contributed by atoms with Crippen molar-refractivity contribution in [2.45, 2.75) is 12.8 Å². The van der Waals surface area contributed by atoms with Gasteiger partial charge in [0.05, 0.1) is 14.2 Å². The van der Waals surface area contributed by atoms with Gasteiger partial charge in [-0.15, -0.1) is 0 Å². The Hall–Kier alpha value is -3.27. The van der Waals surface area contributed by atoms with Crippen molar-refractivity contribution < 1.29 is 19.0 Å². The van der Waals surface area contributed by atoms with Gasteiger partial charge in [0.2, 0.25) is 0 Å². The number of hydrogen-bond acceptors (Lipinski definition) is 4. The van der Waals surface area contributed by atoms with Crippen molar-refractivity contribution >= 4 is 5.78 Å². The molecule has 0 unspecified atom stereocenters. The first kappa shape index (κ1) is 18.5. The molecule has 0 aliphatic rings. The molecule has 0 spiro atoms. The van der Waals surface area contributed by atoms with Crippen LogP contribution in [0.25, 0.3) is 0 Å². The highest BCUT2D eigenvalue weighted by Gasteiger charge is 2.11. The van der Waals surface area contributed by atoms with Gasteiger partial charge in [0.1, 0.15) is 17.3 Å². The highest BCUT2D eigenvalue weighted by molar-refractivity contribution is 5.83. The van der Waals surface area contributed by atoms with E-state index in [1.165, 1.54) is 0 Å². The second-order valence-electron chi connectivity index (χ2n) is 6.14. The van der Waals surface area contributed by atoms with E-state index < -0.39 is 0 Å². The minimum atomic E-state index is 0.127. The highest BCUT2D eigenvalue weighted by atomic mass is 16.5. The summed E-state index contributed by atoms with van der Waals surface area (Å²) < 4.78 is 16.5. The summed E-state index contributed by atoms with van der Waals surface area (Å²) in [5.74, 6) is 2.84. The third-order valence-electron chi connectivity index (χ3n) is 4.14. The second-order valence-corrected chi connectivity index (χ2v) is 6.14. The summed E-state index contributed by atoms with van der Waals surface area (Å²) in [6.07, 6.45) is 0.695. The zero-order valence-electron chi connectivity index (χ0n) is 15.5. The standard InChI is InChI=1S/C23H22O4/c1-25-21-10-6-7-17(15-21)13-19(24)14-18-11-12-22(23(16-18)26-2)27-20-8-4-3-5-9-20/h3-12,15-16H,13-14H2,1-2H3. The van der Waals surface area contributed by atoms with Crippen molar-refractivity contribution in [1.29, 1.82) is 0 Å². The molecule has 0 amide bonds. The molecule has 0 saturated carbocycles. The number of rotatable bonds is 8. The number of Topliss-reactive ketones (excluding diaryl/α,β-unsaturated/α-hetero) is 1. The monoisotopic (exact) mass is 362 g/mol. The zero-order valence-corrected chi connectivity index (χ0v) is 15.5. The van der Waals surface area contributed by atoms with Gasteiger partial charge < -0.3 is 14.2 Å². The van der Waals surface area contributed by atoms with E-state index in [-0.39, 0.29) is 5.78 Å². The summed E-state index contributed by atoms with van der Waals surface area (Å²) in [5, 5.41) is 0. The van der Waals surface area contributed by atoms with Crippen LogP contribution in [-0.4, -0.2) is 20.0 Å². The fraction of sp³-hybridized carbons (Fsp3) is 0.174. The van der Waals surface area contributed by atoms with Crippen molar-refractivity contribution in [3.05, 3.63) is 83.9 Å². The first-order valence-corrected chi connectivity index (χ1v) is 8.72. The lowest BCUT2D eigenvalue weighted by atomic mass is 10.0. The third kappa shape index (κ3) is 5.11. The van der Waals surface area contributed by atoms with Crippen molar-refractivity contribution in [3.63, 3.8) is 0 Å². The number of methoxy groups -OCH3 is 2. The summed E-state index contributed by atoms with van der Waals surface area (Å²) in [7, 11) is 3.21. The molecule has 0 aliphatic carbocycles. The van der Waals surface area contributed by atoms with Crippen LogP contribution in [0.5, 0.6) is 23.0 Å². The molecule has 27 heavy (non-hydrogen) atoms. The number of para-hydroxylation sites is 1. The van der Waals surface area contributed by atoms with Gasteiger partial charge in [-0.25, -0.2) is 0 Å². The Labute approximate surface area is 159 Å². The molecular weight excluding hydrogens is 340 g/mol. The maximum Gasteiger partial charge on any atom is 0.169 e. The lowest BCUT2D eigenvalue weighted by Crippen LogP contribution is -2.07. The van der Waals surface area contributed by atoms with Gasteiger partial charge in [0.15, 0.2) is 11.5 Å². The first-order valence-electron chi connectivity index (χ1n) is 8.72. The largest absolute Gasteiger partial charge is 0.497 e. The Morgan fingerprint density at radius 1 is 0.704 bits per heavy atom. The molecule has 3 aromatic carbocycles. The smallest absolute Gasteiger partial charge is 0.169 e. The fourth-order valence-electron chi connectivity index (χ4n) is 2.82. The number of benzene rings is 3. The molecule has 0 atom stereocenters. The van der Waals surface area contributed by atoms with E-state index in [0.29, 0.717) is 24.3 Å². The van der Waals surface area contributed by atoms with Crippen LogP contribution in [0.15, 0.2) is 72.8 Å². The van der Waals surface area contributed by atoms with Crippen LogP contribution >= 0.6 is 0 Å². The van der Waals surface area contributed by atoms with Crippen molar-refractivity contribution in [3.8, 4) is 23.0 Å². The van der Waals surface area contributed by atoms with Gasteiger partial charge in [0.25, 0.3) is 0 Å². The molecule has 3 aromatic rings. The van der Waals surface area contributed by atoms with Crippen LogP contribution in [0.4, 0.5) is 0 Å². The molecule has 0 fully saturated rings. The average molecular weight is 362 g/mol. The van der Waals surface area contributed by atoms with Crippen LogP contribution in [-0.2, 0) is 17.6 Å². The van der Waals surface area contributed by atoms with Crippen LogP contribution in [0.2, 0.25) is 0 Å². The lowest BCUT2D eigenvalue weighted by molar-refractivity contribution is -0.117. The van der Waals surface area contributed by atoms with E-state index in [9.17, 15) is 4.79 Å². The number of ether oxygens (including phenoxy) is 3. The Kier molecular flexibility index (Phi) is 6.10. The van der Waals surface area contributed by atoms with Crippen LogP contribution < -0.4 is 14.2 Å². The van der Waals surface area contributed by atoms with E-state index in [1.54, 1.807) is 14.2 Å². The Morgan fingerprint density at radius 2 is 1.41 bits per heavy atom. The molecule has 0 saturated heterocycles. The van der Waals surface area contributed by atoms with E-state index in [4.69, 9.17) is 14.2 Å². The molecule has 4 heteroatoms. The van der Waals surface area contributed by atoms with E-state index in [0.717, 1.165) is 22.6 Å². The normalized spacial score (nSPS) is 10.3. The van der Waals surface area contributed by atoms with Gasteiger partial charge >= 0.3 is 0 Å². The Morgan fingerprint density at radius 3 is 2.11 bits per heavy atom. The molecule has 3 rings (SSSR count). The summed E-state index contributed by atoms with van der Waals surface area (Å²) in [4.78, 5) is 12.4. The maximum atomic E-state index is 12.4. The van der Waals surface area contributed by atoms with E-state index in [2.05, 4.69) is 0 Å². The van der Waals surface area contributed by atoms with Crippen molar-refractivity contribution in [1.82, 2.24) is 0 Å². The molecule has 0 aromatic heterocycles. The SMILES string of the molecule is COc1cccc(CC(=O)Cc2ccc(Oc3ccccc3)c(OC)c2)c1. The quantitative estimate of drug-likeness (QED) is 0.575. The average Bonchev–Trinajstić information content (AvgIpc) is 2.70. The molecule has 138 valence electrons. The summed E-state index contributed by atoms with van der Waals surface area (Å²) >= 11 is 0. The second kappa shape index (κ2) is 8.90. The molecule has 0 radical (unpaired) electrons. The minimum Gasteiger partial charge on any atom is -0.497 e. The zero-order chi connectivity index (χ0) is 19.1. The third-order valence-corrected chi connectivity index (χ3v) is 4.14. The van der Waals surface area contributed by atoms with E-state index >= 15 is 0 Å². The van der Waals surface area contributed by atoms with Gasteiger partial charge in [0, 0.05) is 12.8 Å². The van der Waals surface area contributed by atoms with Crippen LogP contribution in [0, 0.1) is 0 Å². The van der Waals surface area contributed by atoms with Gasteiger partial charge in [-0.1, -0.05) is 36.4 Å². The van der Waals surface area contributed by atoms with E-state index in [1.807, 2.05) is 72.8 Å². The minimum absolute atomic E-state index is 0.127. The lowest BCUT2D eigenvalue weighted by Gasteiger charge is -2.12. The first-order chi connectivity index (χ1) is 13.2. The van der Waals surface area contributed by atoms with Crippen molar-refractivity contribution in [2.24, 2.45) is 0 Å². The van der Waals surface area contributed by atoms with Crippen LogP contribution in [0.3, 0.4) is 0 Å². The van der Waals surface area contributed by atoms with Crippen molar-refractivity contribution in [2.75, 3.05) is 14.2 Å². The van der Waals surface area contributed by atoms with Crippen LogP contribution in [0.1, 0.15) is 11.1 Å². The molecule has 0 bridgehead atoms. The summed E-state index contributed by atoms with van der Waals surface area (Å²) in [6, 6.07) is 22.7. The number of ketones is 1. The molecule has 0 aliphatic heterocycles. The predicted molar refractivity (Wildman–Crippen MR) is 105 cm³/mol. The molecule has 0 heterocycles. The van der Waals surface area contributed by atoms with Gasteiger partial charge in [-0.3, -0.25) is 4.79 Å². The molecular formula is C23H22O4. The maximum absolute atomic E-state index is 12.4. The van der Waals surface area contributed by atoms with Gasteiger partial charge in [-0.05, 0) is 47.5 Å². The number of carbonyl (C=O) groups excluding carboxylic acids is 1. The molecule has 4 nitrogen and oxygen atoms in total. The number of carbonyl (C=O) groups is 1. The topological polar surface area (TPSA) is 44.8 Å². The molecule has 0 N–H and O–H groups in total. The number of hydrogen-bond donors (Lipinski definition) is 0. The Bertz CT molecular complexity index is 903. The fourth-order valence-corrected chi connectivity index (χ4v) is 2.82.